The number of fused-ring (bicyclic) bond motifs is 1. The maximum absolute atomic E-state index is 14.4. The summed E-state index contributed by atoms with van der Waals surface area (Å²) in [4.78, 5) is 42.7. The molecule has 1 heterocycles. The molecule has 0 spiro atoms. The largest absolute Gasteiger partial charge is 0.508 e. The van der Waals surface area contributed by atoms with Crippen molar-refractivity contribution in [3.8, 4) is 5.75 Å². The lowest BCUT2D eigenvalue weighted by Crippen LogP contribution is -2.44. The summed E-state index contributed by atoms with van der Waals surface area (Å²) in [6.07, 6.45) is 0.764. The van der Waals surface area contributed by atoms with Gasteiger partial charge in [0.1, 0.15) is 11.8 Å². The summed E-state index contributed by atoms with van der Waals surface area (Å²) >= 11 is 14.3. The Morgan fingerprint density at radius 1 is 1.00 bits per heavy atom. The molecular weight excluding hydrogens is 642 g/mol. The lowest BCUT2D eigenvalue weighted by Gasteiger charge is -2.36. The van der Waals surface area contributed by atoms with Crippen LogP contribution in [0, 0.1) is 3.57 Å². The quantitative estimate of drug-likeness (QED) is 0.202. The molecular formula is C28H25Cl2IN2O5. The van der Waals surface area contributed by atoms with Gasteiger partial charge in [-0.15, -0.1) is 0 Å². The third kappa shape index (κ3) is 5.92. The van der Waals surface area contributed by atoms with Crippen LogP contribution < -0.4 is 4.90 Å². The number of hydrogen-bond acceptors (Lipinski definition) is 4. The van der Waals surface area contributed by atoms with Crippen molar-refractivity contribution in [3.05, 3.63) is 91.0 Å². The predicted octanol–water partition coefficient (Wildman–Crippen LogP) is 6.85. The third-order valence-corrected chi connectivity index (χ3v) is 7.73. The number of carbonyl (C=O) groups is 3. The smallest absolute Gasteiger partial charge is 0.303 e. The van der Waals surface area contributed by atoms with Gasteiger partial charge < -0.3 is 20.0 Å². The van der Waals surface area contributed by atoms with Crippen molar-refractivity contribution in [1.82, 2.24) is 4.90 Å². The number of phenolic OH excluding ortho intramolecular Hbond substituents is 1. The van der Waals surface area contributed by atoms with E-state index in [1.165, 1.54) is 15.9 Å². The average molecular weight is 667 g/mol. The molecule has 2 N–H and O–H groups in total. The zero-order chi connectivity index (χ0) is 27.6. The molecule has 38 heavy (non-hydrogen) atoms. The first kappa shape index (κ1) is 28.2. The number of aromatic hydroxyl groups is 1. The molecule has 198 valence electrons. The maximum Gasteiger partial charge on any atom is 0.303 e. The lowest BCUT2D eigenvalue weighted by molar-refractivity contribution is -0.137. The van der Waals surface area contributed by atoms with Crippen LogP contribution in [0.15, 0.2) is 60.7 Å². The minimum atomic E-state index is -1.17. The van der Waals surface area contributed by atoms with Crippen LogP contribution in [-0.4, -0.2) is 39.4 Å². The second kappa shape index (κ2) is 11.9. The molecule has 7 nitrogen and oxygen atoms in total. The topological polar surface area (TPSA) is 98.2 Å². The first-order valence-corrected chi connectivity index (χ1v) is 13.8. The van der Waals surface area contributed by atoms with Crippen molar-refractivity contribution >= 4 is 69.3 Å². The Hall–Kier alpha value is -2.82. The Labute approximate surface area is 244 Å². The SMILES string of the molecule is C[C@H](c1ccc(Cl)cc1)N1C(=O)c2cc(I)ccc2N(CCCCC(=O)O)C(=O)C1c1ccc(Cl)cc1O. The molecule has 0 saturated carbocycles. The van der Waals surface area contributed by atoms with Crippen LogP contribution in [0.5, 0.6) is 5.75 Å². The number of unbranched alkanes of at least 4 members (excludes halogenated alkanes) is 1. The Bertz CT molecular complexity index is 1380. The molecule has 10 heteroatoms. The number of benzene rings is 3. The van der Waals surface area contributed by atoms with Crippen molar-refractivity contribution in [2.75, 3.05) is 11.4 Å². The summed E-state index contributed by atoms with van der Waals surface area (Å²) in [5, 5.41) is 20.8. The number of nitrogens with zero attached hydrogens (tertiary/aromatic N) is 2. The summed E-state index contributed by atoms with van der Waals surface area (Å²) < 4.78 is 0.819. The molecule has 2 atom stereocenters. The van der Waals surface area contributed by atoms with E-state index in [0.29, 0.717) is 34.1 Å². The van der Waals surface area contributed by atoms with Gasteiger partial charge in [-0.25, -0.2) is 0 Å². The standard InChI is InChI=1S/C28H25Cl2IN2O5/c1-16(17-5-7-18(29)8-6-17)33-26(21-11-9-19(30)14-24(21)34)28(38)32(13-3-2-4-25(35)36)23-12-10-20(31)15-22(23)27(33)37/h5-12,14-16,26,34H,2-4,13H2,1H3,(H,35,36)/t16-,26?/m1/s1. The molecule has 3 aromatic rings. The molecule has 0 radical (unpaired) electrons. The van der Waals surface area contributed by atoms with E-state index in [1.54, 1.807) is 48.5 Å². The van der Waals surface area contributed by atoms with E-state index in [4.69, 9.17) is 28.3 Å². The highest BCUT2D eigenvalue weighted by atomic mass is 127. The van der Waals surface area contributed by atoms with E-state index in [-0.39, 0.29) is 30.2 Å². The molecule has 0 aliphatic carbocycles. The van der Waals surface area contributed by atoms with E-state index in [1.807, 2.05) is 13.0 Å². The van der Waals surface area contributed by atoms with Crippen molar-refractivity contribution < 1.29 is 24.6 Å². The molecule has 0 saturated heterocycles. The van der Waals surface area contributed by atoms with Gasteiger partial charge in [-0.3, -0.25) is 14.4 Å². The maximum atomic E-state index is 14.4. The van der Waals surface area contributed by atoms with Crippen LogP contribution in [0.4, 0.5) is 5.69 Å². The van der Waals surface area contributed by atoms with Gasteiger partial charge in [0, 0.05) is 32.1 Å². The highest BCUT2D eigenvalue weighted by Gasteiger charge is 2.43. The summed E-state index contributed by atoms with van der Waals surface area (Å²) in [5.74, 6) is -1.90. The number of halogens is 3. The van der Waals surface area contributed by atoms with Gasteiger partial charge in [-0.05, 0) is 90.4 Å². The van der Waals surface area contributed by atoms with E-state index in [9.17, 15) is 19.5 Å². The fourth-order valence-electron chi connectivity index (χ4n) is 4.67. The first-order valence-electron chi connectivity index (χ1n) is 12.0. The van der Waals surface area contributed by atoms with Gasteiger partial charge in [0.05, 0.1) is 17.3 Å². The molecule has 1 unspecified atom stereocenters. The van der Waals surface area contributed by atoms with Crippen molar-refractivity contribution in [3.63, 3.8) is 0 Å². The zero-order valence-electron chi connectivity index (χ0n) is 20.4. The van der Waals surface area contributed by atoms with Crippen LogP contribution in [-0.2, 0) is 9.59 Å². The van der Waals surface area contributed by atoms with Gasteiger partial charge in [0.2, 0.25) is 0 Å². The first-order chi connectivity index (χ1) is 18.1. The van der Waals surface area contributed by atoms with Gasteiger partial charge in [0.25, 0.3) is 11.8 Å². The number of aliphatic carboxylic acids is 1. The molecule has 3 aromatic carbocycles. The molecule has 2 amide bonds. The van der Waals surface area contributed by atoms with E-state index in [2.05, 4.69) is 22.6 Å². The average Bonchev–Trinajstić information content (AvgIpc) is 2.95. The highest BCUT2D eigenvalue weighted by Crippen LogP contribution is 2.43. The fraction of sp³-hybridized carbons (Fsp3) is 0.250. The lowest BCUT2D eigenvalue weighted by atomic mass is 9.98. The van der Waals surface area contributed by atoms with Gasteiger partial charge in [-0.2, -0.15) is 0 Å². The van der Waals surface area contributed by atoms with Crippen LogP contribution in [0.1, 0.15) is 59.8 Å². The Morgan fingerprint density at radius 2 is 1.68 bits per heavy atom. The number of phenols is 1. The third-order valence-electron chi connectivity index (χ3n) is 6.57. The number of carboxylic acids is 1. The van der Waals surface area contributed by atoms with E-state index < -0.39 is 24.0 Å². The number of hydrogen-bond donors (Lipinski definition) is 2. The van der Waals surface area contributed by atoms with Crippen LogP contribution in [0.3, 0.4) is 0 Å². The second-order valence-electron chi connectivity index (χ2n) is 9.05. The molecule has 4 rings (SSSR count). The minimum absolute atomic E-state index is 0.0262. The molecule has 0 aromatic heterocycles. The van der Waals surface area contributed by atoms with Crippen LogP contribution in [0.25, 0.3) is 0 Å². The number of carboxylic acid groups (broad SMARTS) is 1. The van der Waals surface area contributed by atoms with E-state index >= 15 is 0 Å². The Kier molecular flexibility index (Phi) is 8.85. The van der Waals surface area contributed by atoms with Gasteiger partial charge in [-0.1, -0.05) is 41.4 Å². The monoisotopic (exact) mass is 666 g/mol. The van der Waals surface area contributed by atoms with Crippen LogP contribution >= 0.6 is 45.8 Å². The Morgan fingerprint density at radius 3 is 2.34 bits per heavy atom. The molecule has 1 aliphatic heterocycles. The summed E-state index contributed by atoms with van der Waals surface area (Å²) in [6.45, 7) is 2.03. The zero-order valence-corrected chi connectivity index (χ0v) is 24.1. The summed E-state index contributed by atoms with van der Waals surface area (Å²) in [6, 6.07) is 15.1. The number of anilines is 1. The second-order valence-corrected chi connectivity index (χ2v) is 11.2. The predicted molar refractivity (Wildman–Crippen MR) is 155 cm³/mol. The fourth-order valence-corrected chi connectivity index (χ4v) is 5.45. The van der Waals surface area contributed by atoms with Gasteiger partial charge in [0.15, 0.2) is 0 Å². The van der Waals surface area contributed by atoms with Crippen LogP contribution in [0.2, 0.25) is 10.0 Å². The minimum Gasteiger partial charge on any atom is -0.508 e. The number of carbonyl (C=O) groups excluding carboxylic acids is 2. The van der Waals surface area contributed by atoms with Gasteiger partial charge >= 0.3 is 5.97 Å². The molecule has 0 bridgehead atoms. The number of amides is 2. The highest BCUT2D eigenvalue weighted by molar-refractivity contribution is 14.1. The summed E-state index contributed by atoms with van der Waals surface area (Å²) in [7, 11) is 0. The van der Waals surface area contributed by atoms with Crippen molar-refractivity contribution in [1.29, 1.82) is 0 Å². The molecule has 0 fully saturated rings. The van der Waals surface area contributed by atoms with E-state index in [0.717, 1.165) is 9.13 Å². The van der Waals surface area contributed by atoms with Crippen molar-refractivity contribution in [2.45, 2.75) is 38.3 Å². The Balaban J connectivity index is 1.89. The summed E-state index contributed by atoms with van der Waals surface area (Å²) in [5.41, 5.74) is 1.79. The van der Waals surface area contributed by atoms with Crippen molar-refractivity contribution in [2.24, 2.45) is 0 Å². The number of rotatable bonds is 8. The normalized spacial score (nSPS) is 16.3. The molecule has 1 aliphatic rings.